The molecule has 24 heavy (non-hydrogen) atoms. The number of carbonyl (C=O) groups is 2. The highest BCUT2D eigenvalue weighted by Crippen LogP contribution is 2.27. The van der Waals surface area contributed by atoms with E-state index in [9.17, 15) is 24.1 Å². The Morgan fingerprint density at radius 2 is 2.25 bits per heavy atom. The highest BCUT2D eigenvalue weighted by Gasteiger charge is 2.19. The highest BCUT2D eigenvalue weighted by atomic mass is 19.1. The average molecular weight is 339 g/mol. The van der Waals surface area contributed by atoms with Crippen molar-refractivity contribution in [1.82, 2.24) is 10.2 Å². The van der Waals surface area contributed by atoms with Crippen LogP contribution < -0.4 is 10.1 Å². The zero-order valence-corrected chi connectivity index (χ0v) is 13.0. The van der Waals surface area contributed by atoms with Crippen LogP contribution in [0.4, 0.5) is 10.1 Å². The van der Waals surface area contributed by atoms with Gasteiger partial charge in [0.1, 0.15) is 5.82 Å². The molecule has 1 aliphatic rings. The Morgan fingerprint density at radius 3 is 2.92 bits per heavy atom. The van der Waals surface area contributed by atoms with Gasteiger partial charge in [0.05, 0.1) is 4.92 Å². The van der Waals surface area contributed by atoms with Crippen LogP contribution in [-0.4, -0.2) is 47.9 Å². The maximum absolute atomic E-state index is 13.1. The van der Waals surface area contributed by atoms with E-state index in [2.05, 4.69) is 5.32 Å². The molecule has 1 aromatic rings. The minimum Gasteiger partial charge on any atom is -0.477 e. The number of benzene rings is 1. The Morgan fingerprint density at radius 1 is 1.46 bits per heavy atom. The van der Waals surface area contributed by atoms with E-state index in [0.29, 0.717) is 25.9 Å². The molecular formula is C15H18FN3O5. The lowest BCUT2D eigenvalue weighted by Crippen LogP contribution is -2.33. The average Bonchev–Trinajstić information content (AvgIpc) is 2.94. The number of carbonyl (C=O) groups excluding carboxylic acids is 2. The van der Waals surface area contributed by atoms with Crippen molar-refractivity contribution in [3.05, 3.63) is 34.1 Å². The molecule has 0 aromatic heterocycles. The summed E-state index contributed by atoms with van der Waals surface area (Å²) in [6.45, 7) is 1.23. The molecule has 0 unspecified atom stereocenters. The van der Waals surface area contributed by atoms with Crippen molar-refractivity contribution in [3.63, 3.8) is 0 Å². The van der Waals surface area contributed by atoms with Crippen molar-refractivity contribution in [1.29, 1.82) is 0 Å². The van der Waals surface area contributed by atoms with E-state index in [0.717, 1.165) is 31.2 Å². The first-order chi connectivity index (χ1) is 11.5. The molecule has 8 nitrogen and oxygen atoms in total. The Bertz CT molecular complexity index is 638. The number of likely N-dealkylation sites (tertiary alicyclic amines) is 1. The minimum atomic E-state index is -0.709. The molecule has 2 amide bonds. The topological polar surface area (TPSA) is 102 Å². The second kappa shape index (κ2) is 8.23. The summed E-state index contributed by atoms with van der Waals surface area (Å²) in [4.78, 5) is 34.9. The molecule has 1 N–H and O–H groups in total. The molecule has 0 spiro atoms. The van der Waals surface area contributed by atoms with Crippen molar-refractivity contribution >= 4 is 17.5 Å². The van der Waals surface area contributed by atoms with Crippen LogP contribution in [-0.2, 0) is 9.59 Å². The fourth-order valence-corrected chi connectivity index (χ4v) is 2.39. The Hall–Kier alpha value is -2.71. The molecular weight excluding hydrogens is 321 g/mol. The lowest BCUT2D eigenvalue weighted by molar-refractivity contribution is -0.385. The van der Waals surface area contributed by atoms with E-state index in [-0.39, 0.29) is 11.7 Å². The Kier molecular flexibility index (Phi) is 6.05. The van der Waals surface area contributed by atoms with E-state index in [1.54, 1.807) is 4.90 Å². The third-order valence-corrected chi connectivity index (χ3v) is 3.58. The first kappa shape index (κ1) is 17.6. The van der Waals surface area contributed by atoms with E-state index < -0.39 is 28.9 Å². The summed E-state index contributed by atoms with van der Waals surface area (Å²) < 4.78 is 18.2. The summed E-state index contributed by atoms with van der Waals surface area (Å²) in [6.07, 6.45) is 2.05. The molecule has 0 saturated carbocycles. The SMILES string of the molecule is O=C(COc1cc(F)ccc1[N+](=O)[O-])NCCCN1CCCC1=O. The first-order valence-electron chi connectivity index (χ1n) is 7.58. The number of nitro benzene ring substituents is 1. The van der Waals surface area contributed by atoms with Crippen molar-refractivity contribution in [3.8, 4) is 5.75 Å². The maximum Gasteiger partial charge on any atom is 0.311 e. The number of nitrogens with zero attached hydrogens (tertiary/aromatic N) is 2. The van der Waals surface area contributed by atoms with Crippen molar-refractivity contribution in [2.75, 3.05) is 26.2 Å². The summed E-state index contributed by atoms with van der Waals surface area (Å²) in [5.74, 6) is -1.33. The quantitative estimate of drug-likeness (QED) is 0.436. The third-order valence-electron chi connectivity index (χ3n) is 3.58. The van der Waals surface area contributed by atoms with Crippen molar-refractivity contribution < 1.29 is 23.6 Å². The van der Waals surface area contributed by atoms with Gasteiger partial charge in [-0.15, -0.1) is 0 Å². The number of hydrogen-bond acceptors (Lipinski definition) is 5. The molecule has 130 valence electrons. The molecule has 0 aliphatic carbocycles. The number of nitro groups is 1. The van der Waals surface area contributed by atoms with Gasteiger partial charge < -0.3 is 15.0 Å². The van der Waals surface area contributed by atoms with Gasteiger partial charge in [-0.05, 0) is 18.9 Å². The van der Waals surface area contributed by atoms with Gasteiger partial charge in [0.25, 0.3) is 5.91 Å². The number of ether oxygens (including phenoxy) is 1. The molecule has 1 fully saturated rings. The molecule has 0 atom stereocenters. The van der Waals surface area contributed by atoms with Crippen molar-refractivity contribution in [2.24, 2.45) is 0 Å². The second-order valence-electron chi connectivity index (χ2n) is 5.35. The number of amides is 2. The van der Waals surface area contributed by atoms with E-state index in [1.165, 1.54) is 0 Å². The maximum atomic E-state index is 13.1. The van der Waals surface area contributed by atoms with Gasteiger partial charge in [-0.2, -0.15) is 0 Å². The van der Waals surface area contributed by atoms with Gasteiger partial charge >= 0.3 is 5.69 Å². The number of hydrogen-bond donors (Lipinski definition) is 1. The molecule has 1 aliphatic heterocycles. The molecule has 0 radical (unpaired) electrons. The summed E-state index contributed by atoms with van der Waals surface area (Å²) >= 11 is 0. The molecule has 1 heterocycles. The standard InChI is InChI=1S/C15H18FN3O5/c16-11-4-5-12(19(22)23)13(9-11)24-10-14(20)17-6-2-8-18-7-1-3-15(18)21/h4-5,9H,1-3,6-8,10H2,(H,17,20). The largest absolute Gasteiger partial charge is 0.477 e. The number of halogens is 1. The zero-order chi connectivity index (χ0) is 17.5. The van der Waals surface area contributed by atoms with E-state index >= 15 is 0 Å². The monoisotopic (exact) mass is 339 g/mol. The predicted molar refractivity (Wildman–Crippen MR) is 82.0 cm³/mol. The predicted octanol–water partition coefficient (Wildman–Crippen LogP) is 1.24. The van der Waals surface area contributed by atoms with Crippen LogP contribution in [0.3, 0.4) is 0 Å². The normalized spacial score (nSPS) is 13.9. The number of nitrogens with one attached hydrogen (secondary N) is 1. The third kappa shape index (κ3) is 4.90. The lowest BCUT2D eigenvalue weighted by Gasteiger charge is -2.15. The summed E-state index contributed by atoms with van der Waals surface area (Å²) in [7, 11) is 0. The lowest BCUT2D eigenvalue weighted by atomic mass is 10.3. The molecule has 1 saturated heterocycles. The zero-order valence-electron chi connectivity index (χ0n) is 13.0. The van der Waals surface area contributed by atoms with Crippen molar-refractivity contribution in [2.45, 2.75) is 19.3 Å². The second-order valence-corrected chi connectivity index (χ2v) is 5.35. The van der Waals surface area contributed by atoms with Gasteiger partial charge in [-0.1, -0.05) is 0 Å². The molecule has 2 rings (SSSR count). The molecule has 1 aromatic carbocycles. The summed E-state index contributed by atoms with van der Waals surface area (Å²) in [6, 6.07) is 2.80. The summed E-state index contributed by atoms with van der Waals surface area (Å²) in [5.41, 5.74) is -0.406. The minimum absolute atomic E-state index is 0.128. The first-order valence-corrected chi connectivity index (χ1v) is 7.58. The van der Waals surface area contributed by atoms with E-state index in [4.69, 9.17) is 4.74 Å². The van der Waals surface area contributed by atoms with Crippen LogP contribution in [0.2, 0.25) is 0 Å². The smallest absolute Gasteiger partial charge is 0.311 e. The van der Waals surface area contributed by atoms with E-state index in [1.807, 2.05) is 0 Å². The number of rotatable bonds is 8. The van der Waals surface area contributed by atoms with Crippen LogP contribution >= 0.6 is 0 Å². The molecule has 9 heteroatoms. The fourth-order valence-electron chi connectivity index (χ4n) is 2.39. The van der Waals surface area contributed by atoms with Crippen LogP contribution in [0.15, 0.2) is 18.2 Å². The van der Waals surface area contributed by atoms with Gasteiger partial charge in [0.2, 0.25) is 11.7 Å². The van der Waals surface area contributed by atoms with Crippen LogP contribution in [0.5, 0.6) is 5.75 Å². The van der Waals surface area contributed by atoms with Gasteiger partial charge in [0, 0.05) is 38.2 Å². The van der Waals surface area contributed by atoms with Gasteiger partial charge in [-0.25, -0.2) is 4.39 Å². The molecule has 0 bridgehead atoms. The van der Waals surface area contributed by atoms with Gasteiger partial charge in [-0.3, -0.25) is 19.7 Å². The van der Waals surface area contributed by atoms with Crippen LogP contribution in [0, 0.1) is 15.9 Å². The van der Waals surface area contributed by atoms with Crippen LogP contribution in [0.1, 0.15) is 19.3 Å². The Labute approximate surface area is 137 Å². The Balaban J connectivity index is 1.72. The highest BCUT2D eigenvalue weighted by molar-refractivity contribution is 5.78. The fraction of sp³-hybridized carbons (Fsp3) is 0.467. The summed E-state index contributed by atoms with van der Waals surface area (Å²) in [5, 5.41) is 13.4. The van der Waals surface area contributed by atoms with Crippen LogP contribution in [0.25, 0.3) is 0 Å². The van der Waals surface area contributed by atoms with Gasteiger partial charge in [0.15, 0.2) is 6.61 Å².